The SMILES string of the molecule is CC(C)N1C(=O)c2cc(N)c(N)cc2C1=O. The molecule has 4 N–H and O–H groups in total. The van der Waals surface area contributed by atoms with Gasteiger partial charge in [-0.2, -0.15) is 0 Å². The van der Waals surface area contributed by atoms with Crippen molar-refractivity contribution in [1.82, 2.24) is 4.90 Å². The van der Waals surface area contributed by atoms with Crippen LogP contribution in [0.25, 0.3) is 0 Å². The molecule has 0 unspecified atom stereocenters. The molecule has 1 aliphatic heterocycles. The highest BCUT2D eigenvalue weighted by Crippen LogP contribution is 2.29. The minimum atomic E-state index is -0.304. The number of anilines is 2. The van der Waals surface area contributed by atoms with E-state index in [1.54, 1.807) is 13.8 Å². The maximum absolute atomic E-state index is 11.9. The Morgan fingerprint density at radius 1 is 1.00 bits per heavy atom. The maximum Gasteiger partial charge on any atom is 0.261 e. The molecule has 1 heterocycles. The van der Waals surface area contributed by atoms with Crippen molar-refractivity contribution in [3.05, 3.63) is 23.3 Å². The number of carbonyl (C=O) groups excluding carboxylic acids is 2. The lowest BCUT2D eigenvalue weighted by Gasteiger charge is -2.17. The fourth-order valence-electron chi connectivity index (χ4n) is 1.81. The van der Waals surface area contributed by atoms with E-state index in [2.05, 4.69) is 0 Å². The number of nitrogens with zero attached hydrogens (tertiary/aromatic N) is 1. The van der Waals surface area contributed by atoms with Crippen molar-refractivity contribution in [2.75, 3.05) is 11.5 Å². The molecule has 0 saturated carbocycles. The van der Waals surface area contributed by atoms with Crippen LogP contribution < -0.4 is 11.5 Å². The number of imide groups is 1. The molecule has 1 aliphatic rings. The first-order valence-corrected chi connectivity index (χ1v) is 5.00. The Balaban J connectivity index is 2.60. The molecule has 0 spiro atoms. The molecule has 1 aromatic carbocycles. The zero-order chi connectivity index (χ0) is 12.0. The highest BCUT2D eigenvalue weighted by Gasteiger charge is 2.37. The van der Waals surface area contributed by atoms with Gasteiger partial charge >= 0.3 is 0 Å². The second-order valence-electron chi connectivity index (χ2n) is 4.10. The fraction of sp³-hybridized carbons (Fsp3) is 0.273. The van der Waals surface area contributed by atoms with Crippen molar-refractivity contribution in [3.8, 4) is 0 Å². The number of hydrogen-bond acceptors (Lipinski definition) is 4. The number of rotatable bonds is 1. The van der Waals surface area contributed by atoms with E-state index in [1.807, 2.05) is 0 Å². The minimum Gasteiger partial charge on any atom is -0.397 e. The van der Waals surface area contributed by atoms with E-state index in [4.69, 9.17) is 11.5 Å². The van der Waals surface area contributed by atoms with Crippen molar-refractivity contribution < 1.29 is 9.59 Å². The van der Waals surface area contributed by atoms with Crippen LogP contribution >= 0.6 is 0 Å². The quantitative estimate of drug-likeness (QED) is 0.541. The fourth-order valence-corrected chi connectivity index (χ4v) is 1.81. The predicted octanol–water partition coefficient (Wildman–Crippen LogP) is 0.855. The monoisotopic (exact) mass is 219 g/mol. The number of carbonyl (C=O) groups is 2. The first kappa shape index (κ1) is 10.5. The third kappa shape index (κ3) is 1.25. The molecule has 0 aromatic heterocycles. The lowest BCUT2D eigenvalue weighted by Crippen LogP contribution is -2.35. The molecule has 5 heteroatoms. The summed E-state index contributed by atoms with van der Waals surface area (Å²) in [6.45, 7) is 3.57. The predicted molar refractivity (Wildman–Crippen MR) is 60.9 cm³/mol. The number of nitrogens with two attached hydrogens (primary N) is 2. The van der Waals surface area contributed by atoms with E-state index in [0.717, 1.165) is 0 Å². The lowest BCUT2D eigenvalue weighted by atomic mass is 10.1. The summed E-state index contributed by atoms with van der Waals surface area (Å²) in [5, 5.41) is 0. The van der Waals surface area contributed by atoms with Crippen molar-refractivity contribution in [2.45, 2.75) is 19.9 Å². The van der Waals surface area contributed by atoms with Crippen LogP contribution in [0.15, 0.2) is 12.1 Å². The molecular formula is C11H13N3O2. The molecule has 5 nitrogen and oxygen atoms in total. The van der Waals surface area contributed by atoms with Crippen LogP contribution in [-0.2, 0) is 0 Å². The third-order valence-electron chi connectivity index (χ3n) is 2.64. The van der Waals surface area contributed by atoms with Gasteiger partial charge in [0.25, 0.3) is 11.8 Å². The van der Waals surface area contributed by atoms with Gasteiger partial charge in [0.05, 0.1) is 22.5 Å². The molecule has 2 rings (SSSR count). The van der Waals surface area contributed by atoms with Crippen LogP contribution in [0.2, 0.25) is 0 Å². The Bertz CT molecular complexity index is 453. The molecule has 1 aromatic rings. The summed E-state index contributed by atoms with van der Waals surface area (Å²) in [5.41, 5.74) is 12.6. The van der Waals surface area contributed by atoms with Crippen molar-refractivity contribution in [2.24, 2.45) is 0 Å². The lowest BCUT2D eigenvalue weighted by molar-refractivity contribution is 0.0609. The highest BCUT2D eigenvalue weighted by atomic mass is 16.2. The Hall–Kier alpha value is -2.04. The topological polar surface area (TPSA) is 89.4 Å². The van der Waals surface area contributed by atoms with Crippen molar-refractivity contribution >= 4 is 23.2 Å². The molecule has 0 fully saturated rings. The average molecular weight is 219 g/mol. The van der Waals surface area contributed by atoms with Crippen LogP contribution in [0.5, 0.6) is 0 Å². The van der Waals surface area contributed by atoms with Gasteiger partial charge in [-0.05, 0) is 26.0 Å². The molecule has 0 bridgehead atoms. The number of benzene rings is 1. The van der Waals surface area contributed by atoms with Gasteiger partial charge in [-0.1, -0.05) is 0 Å². The Labute approximate surface area is 93.0 Å². The number of fused-ring (bicyclic) bond motifs is 1. The van der Waals surface area contributed by atoms with Crippen molar-refractivity contribution in [1.29, 1.82) is 0 Å². The number of hydrogen-bond donors (Lipinski definition) is 2. The van der Waals surface area contributed by atoms with Gasteiger partial charge in [0.15, 0.2) is 0 Å². The summed E-state index contributed by atoms with van der Waals surface area (Å²) in [4.78, 5) is 25.1. The standard InChI is InChI=1S/C11H13N3O2/c1-5(2)14-10(15)6-3-8(12)9(13)4-7(6)11(14)16/h3-5H,12-13H2,1-2H3. The summed E-state index contributed by atoms with van der Waals surface area (Å²) in [6.07, 6.45) is 0. The zero-order valence-electron chi connectivity index (χ0n) is 9.15. The summed E-state index contributed by atoms with van der Waals surface area (Å²) < 4.78 is 0. The van der Waals surface area contributed by atoms with Gasteiger partial charge in [0, 0.05) is 6.04 Å². The van der Waals surface area contributed by atoms with Gasteiger partial charge in [0.2, 0.25) is 0 Å². The van der Waals surface area contributed by atoms with Gasteiger partial charge in [-0.15, -0.1) is 0 Å². The smallest absolute Gasteiger partial charge is 0.261 e. The van der Waals surface area contributed by atoms with Crippen LogP contribution in [0.3, 0.4) is 0 Å². The van der Waals surface area contributed by atoms with E-state index in [-0.39, 0.29) is 17.9 Å². The largest absolute Gasteiger partial charge is 0.397 e. The first-order chi connectivity index (χ1) is 7.43. The average Bonchev–Trinajstić information content (AvgIpc) is 2.41. The maximum atomic E-state index is 11.9. The zero-order valence-corrected chi connectivity index (χ0v) is 9.15. The van der Waals surface area contributed by atoms with E-state index in [0.29, 0.717) is 22.5 Å². The van der Waals surface area contributed by atoms with E-state index >= 15 is 0 Å². The Morgan fingerprint density at radius 3 is 1.69 bits per heavy atom. The van der Waals surface area contributed by atoms with Crippen molar-refractivity contribution in [3.63, 3.8) is 0 Å². The summed E-state index contributed by atoms with van der Waals surface area (Å²) in [7, 11) is 0. The molecule has 0 saturated heterocycles. The van der Waals surface area contributed by atoms with Gasteiger partial charge < -0.3 is 11.5 Å². The Morgan fingerprint density at radius 2 is 1.38 bits per heavy atom. The van der Waals surface area contributed by atoms with E-state index < -0.39 is 0 Å². The van der Waals surface area contributed by atoms with E-state index in [1.165, 1.54) is 17.0 Å². The molecule has 0 radical (unpaired) electrons. The van der Waals surface area contributed by atoms with Crippen LogP contribution in [0, 0.1) is 0 Å². The third-order valence-corrected chi connectivity index (χ3v) is 2.64. The summed E-state index contributed by atoms with van der Waals surface area (Å²) >= 11 is 0. The molecule has 16 heavy (non-hydrogen) atoms. The van der Waals surface area contributed by atoms with Crippen LogP contribution in [-0.4, -0.2) is 22.8 Å². The second-order valence-corrected chi connectivity index (χ2v) is 4.10. The minimum absolute atomic E-state index is 0.171. The highest BCUT2D eigenvalue weighted by molar-refractivity contribution is 6.22. The molecular weight excluding hydrogens is 206 g/mol. The molecule has 84 valence electrons. The Kier molecular flexibility index (Phi) is 2.11. The summed E-state index contributed by atoms with van der Waals surface area (Å²) in [6, 6.07) is 2.76. The molecule has 2 amide bonds. The first-order valence-electron chi connectivity index (χ1n) is 5.00. The normalized spacial score (nSPS) is 14.8. The second kappa shape index (κ2) is 3.23. The van der Waals surface area contributed by atoms with Gasteiger partial charge in [0.1, 0.15) is 0 Å². The van der Waals surface area contributed by atoms with Gasteiger partial charge in [-0.25, -0.2) is 0 Å². The van der Waals surface area contributed by atoms with Crippen LogP contribution in [0.4, 0.5) is 11.4 Å². The van der Waals surface area contributed by atoms with Crippen LogP contribution in [0.1, 0.15) is 34.6 Å². The summed E-state index contributed by atoms with van der Waals surface area (Å²) in [5.74, 6) is -0.608. The van der Waals surface area contributed by atoms with Gasteiger partial charge in [-0.3, -0.25) is 14.5 Å². The molecule has 0 aliphatic carbocycles. The van der Waals surface area contributed by atoms with E-state index in [9.17, 15) is 9.59 Å². The molecule has 0 atom stereocenters. The number of nitrogen functional groups attached to an aromatic ring is 2. The number of amides is 2.